The SMILES string of the molecule is CC(C)CCc1noc(C(C)C(=O)C(F)(F)F)n1. The average molecular weight is 264 g/mol. The fraction of sp³-hybridized carbons (Fsp3) is 0.727. The van der Waals surface area contributed by atoms with Crippen LogP contribution in [0.25, 0.3) is 0 Å². The largest absolute Gasteiger partial charge is 0.450 e. The quantitative estimate of drug-likeness (QED) is 0.820. The maximum absolute atomic E-state index is 12.2. The van der Waals surface area contributed by atoms with Crippen molar-refractivity contribution in [1.82, 2.24) is 10.1 Å². The smallest absolute Gasteiger partial charge is 0.339 e. The summed E-state index contributed by atoms with van der Waals surface area (Å²) in [5.41, 5.74) is 0. The lowest BCUT2D eigenvalue weighted by Gasteiger charge is -2.08. The first kappa shape index (κ1) is 14.7. The van der Waals surface area contributed by atoms with Gasteiger partial charge in [-0.2, -0.15) is 18.2 Å². The van der Waals surface area contributed by atoms with E-state index < -0.39 is 17.9 Å². The van der Waals surface area contributed by atoms with Crippen molar-refractivity contribution in [2.45, 2.75) is 45.7 Å². The summed E-state index contributed by atoms with van der Waals surface area (Å²) in [6.07, 6.45) is -3.55. The summed E-state index contributed by atoms with van der Waals surface area (Å²) < 4.78 is 41.3. The molecular weight excluding hydrogens is 249 g/mol. The van der Waals surface area contributed by atoms with Crippen molar-refractivity contribution >= 4 is 5.78 Å². The van der Waals surface area contributed by atoms with Crippen molar-refractivity contribution in [3.63, 3.8) is 0 Å². The lowest BCUT2D eigenvalue weighted by Crippen LogP contribution is -2.27. The first-order valence-corrected chi connectivity index (χ1v) is 5.65. The first-order chi connectivity index (χ1) is 8.21. The molecule has 0 radical (unpaired) electrons. The number of aromatic nitrogens is 2. The minimum atomic E-state index is -4.88. The Bertz CT molecular complexity index is 413. The van der Waals surface area contributed by atoms with Crippen LogP contribution in [0.5, 0.6) is 0 Å². The van der Waals surface area contributed by atoms with Gasteiger partial charge in [0.2, 0.25) is 11.7 Å². The molecule has 0 aliphatic heterocycles. The lowest BCUT2D eigenvalue weighted by molar-refractivity contribution is -0.172. The third-order valence-corrected chi connectivity index (χ3v) is 2.47. The fourth-order valence-corrected chi connectivity index (χ4v) is 1.32. The van der Waals surface area contributed by atoms with Crippen molar-refractivity contribution in [3.05, 3.63) is 11.7 Å². The predicted octanol–water partition coefficient (Wildman–Crippen LogP) is 2.89. The van der Waals surface area contributed by atoms with Crippen LogP contribution in [0.4, 0.5) is 13.2 Å². The molecule has 0 saturated heterocycles. The second kappa shape index (κ2) is 5.49. The van der Waals surface area contributed by atoms with Crippen LogP contribution in [0.3, 0.4) is 0 Å². The maximum Gasteiger partial charge on any atom is 0.450 e. The second-order valence-corrected chi connectivity index (χ2v) is 4.57. The summed E-state index contributed by atoms with van der Waals surface area (Å²) in [5, 5.41) is 3.57. The van der Waals surface area contributed by atoms with Crippen molar-refractivity contribution in [3.8, 4) is 0 Å². The first-order valence-electron chi connectivity index (χ1n) is 5.65. The Morgan fingerprint density at radius 3 is 2.44 bits per heavy atom. The number of hydrogen-bond donors (Lipinski definition) is 0. The molecule has 102 valence electrons. The highest BCUT2D eigenvalue weighted by atomic mass is 19.4. The summed E-state index contributed by atoms with van der Waals surface area (Å²) in [6, 6.07) is 0. The molecule has 0 aliphatic carbocycles. The van der Waals surface area contributed by atoms with Gasteiger partial charge in [-0.1, -0.05) is 19.0 Å². The molecule has 0 N–H and O–H groups in total. The number of carbonyl (C=O) groups is 1. The highest BCUT2D eigenvalue weighted by Gasteiger charge is 2.43. The van der Waals surface area contributed by atoms with E-state index in [0.29, 0.717) is 18.2 Å². The number of aryl methyl sites for hydroxylation is 1. The summed E-state index contributed by atoms with van der Waals surface area (Å²) >= 11 is 0. The van der Waals surface area contributed by atoms with Gasteiger partial charge in [0, 0.05) is 6.42 Å². The number of rotatable bonds is 5. The van der Waals surface area contributed by atoms with Crippen LogP contribution in [0.2, 0.25) is 0 Å². The van der Waals surface area contributed by atoms with Crippen molar-refractivity contribution in [2.75, 3.05) is 0 Å². The van der Waals surface area contributed by atoms with Crippen molar-refractivity contribution < 1.29 is 22.5 Å². The molecule has 7 heteroatoms. The number of nitrogens with zero attached hydrogens (tertiary/aromatic N) is 2. The molecule has 1 rings (SSSR count). The van der Waals surface area contributed by atoms with E-state index in [4.69, 9.17) is 4.52 Å². The van der Waals surface area contributed by atoms with Crippen LogP contribution in [-0.4, -0.2) is 22.1 Å². The number of hydrogen-bond acceptors (Lipinski definition) is 4. The Hall–Kier alpha value is -1.40. The standard InChI is InChI=1S/C11H15F3N2O2/c1-6(2)4-5-8-15-10(18-16-8)7(3)9(17)11(12,13)14/h6-7H,4-5H2,1-3H3. The third-order valence-electron chi connectivity index (χ3n) is 2.47. The topological polar surface area (TPSA) is 56.0 Å². The van der Waals surface area contributed by atoms with Gasteiger partial charge in [-0.15, -0.1) is 0 Å². The maximum atomic E-state index is 12.2. The zero-order valence-electron chi connectivity index (χ0n) is 10.4. The summed E-state index contributed by atoms with van der Waals surface area (Å²) in [7, 11) is 0. The highest BCUT2D eigenvalue weighted by Crippen LogP contribution is 2.26. The Morgan fingerprint density at radius 2 is 1.94 bits per heavy atom. The van der Waals surface area contributed by atoms with E-state index in [-0.39, 0.29) is 5.89 Å². The van der Waals surface area contributed by atoms with Gasteiger partial charge in [-0.3, -0.25) is 4.79 Å². The van der Waals surface area contributed by atoms with E-state index in [1.54, 1.807) is 0 Å². The zero-order chi connectivity index (χ0) is 13.9. The molecule has 0 aliphatic rings. The van der Waals surface area contributed by atoms with Crippen LogP contribution >= 0.6 is 0 Å². The molecule has 4 nitrogen and oxygen atoms in total. The fourth-order valence-electron chi connectivity index (χ4n) is 1.32. The van der Waals surface area contributed by atoms with Gasteiger partial charge >= 0.3 is 6.18 Å². The van der Waals surface area contributed by atoms with E-state index in [1.165, 1.54) is 0 Å². The van der Waals surface area contributed by atoms with Crippen molar-refractivity contribution in [2.24, 2.45) is 5.92 Å². The Balaban J connectivity index is 2.71. The van der Waals surface area contributed by atoms with Gasteiger partial charge in [-0.05, 0) is 19.3 Å². The summed E-state index contributed by atoms with van der Waals surface area (Å²) in [6.45, 7) is 5.13. The van der Waals surface area contributed by atoms with Crippen LogP contribution in [0.15, 0.2) is 4.52 Å². The Morgan fingerprint density at radius 1 is 1.33 bits per heavy atom. The Labute approximate surface area is 103 Å². The molecular formula is C11H15F3N2O2. The van der Waals surface area contributed by atoms with Gasteiger partial charge in [0.1, 0.15) is 5.92 Å². The minimum Gasteiger partial charge on any atom is -0.339 e. The Kier molecular flexibility index (Phi) is 4.48. The molecule has 1 atom stereocenters. The van der Waals surface area contributed by atoms with Crippen LogP contribution in [0.1, 0.15) is 44.8 Å². The molecule has 0 bridgehead atoms. The monoisotopic (exact) mass is 264 g/mol. The normalized spacial score (nSPS) is 13.9. The van der Waals surface area contributed by atoms with E-state index in [2.05, 4.69) is 10.1 Å². The summed E-state index contributed by atoms with van der Waals surface area (Å²) in [4.78, 5) is 14.8. The number of Topliss-reactive ketones (excluding diaryl/α,β-unsaturated/α-hetero) is 1. The van der Waals surface area contributed by atoms with E-state index in [0.717, 1.165) is 13.3 Å². The van der Waals surface area contributed by atoms with Gasteiger partial charge in [-0.25, -0.2) is 0 Å². The molecule has 0 spiro atoms. The van der Waals surface area contributed by atoms with E-state index in [1.807, 2.05) is 13.8 Å². The molecule has 0 saturated carbocycles. The third kappa shape index (κ3) is 3.82. The molecule has 0 amide bonds. The van der Waals surface area contributed by atoms with Gasteiger partial charge in [0.05, 0.1) is 0 Å². The highest BCUT2D eigenvalue weighted by molar-refractivity contribution is 5.89. The molecule has 0 fully saturated rings. The molecule has 0 aromatic carbocycles. The molecule has 1 aromatic rings. The van der Waals surface area contributed by atoms with Gasteiger partial charge in [0.25, 0.3) is 0 Å². The number of halogens is 3. The second-order valence-electron chi connectivity index (χ2n) is 4.57. The summed E-state index contributed by atoms with van der Waals surface area (Å²) in [5.74, 6) is -2.84. The van der Waals surface area contributed by atoms with E-state index in [9.17, 15) is 18.0 Å². The van der Waals surface area contributed by atoms with Crippen LogP contribution in [0, 0.1) is 5.92 Å². The van der Waals surface area contributed by atoms with E-state index >= 15 is 0 Å². The minimum absolute atomic E-state index is 0.281. The van der Waals surface area contributed by atoms with Gasteiger partial charge in [0.15, 0.2) is 5.82 Å². The number of ketones is 1. The molecule has 1 unspecified atom stereocenters. The predicted molar refractivity (Wildman–Crippen MR) is 56.9 cm³/mol. The van der Waals surface area contributed by atoms with Crippen molar-refractivity contribution in [1.29, 1.82) is 0 Å². The van der Waals surface area contributed by atoms with Crippen LogP contribution in [-0.2, 0) is 11.2 Å². The average Bonchev–Trinajstić information content (AvgIpc) is 2.71. The van der Waals surface area contributed by atoms with Gasteiger partial charge < -0.3 is 4.52 Å². The number of carbonyl (C=O) groups excluding carboxylic acids is 1. The number of alkyl halides is 3. The molecule has 1 aromatic heterocycles. The zero-order valence-corrected chi connectivity index (χ0v) is 10.4. The lowest BCUT2D eigenvalue weighted by atomic mass is 10.1. The molecule has 18 heavy (non-hydrogen) atoms. The molecule has 1 heterocycles. The van der Waals surface area contributed by atoms with Crippen LogP contribution < -0.4 is 0 Å².